The van der Waals surface area contributed by atoms with Gasteiger partial charge in [0.05, 0.1) is 11.6 Å². The molecule has 27 heavy (non-hydrogen) atoms. The van der Waals surface area contributed by atoms with Crippen LogP contribution in [0.1, 0.15) is 27.4 Å². The first-order valence-electron chi connectivity index (χ1n) is 8.67. The molecular weight excluding hydrogens is 338 g/mol. The molecule has 0 bridgehead atoms. The first-order chi connectivity index (χ1) is 13.1. The fourth-order valence-electron chi connectivity index (χ4n) is 3.24. The average molecular weight is 355 g/mol. The van der Waals surface area contributed by atoms with Gasteiger partial charge < -0.3 is 10.2 Å². The standard InChI is InChI=1S/C21H17N5O/c1-14-23-18(21(27)25-17-7-4-5-15(11-17)13-22)12-20(24-14)26-10-9-16-6-2-3-8-19(16)26/h2-8,11-12H,9-10H2,1H3,(H,25,27). The third kappa shape index (κ3) is 3.35. The van der Waals surface area contributed by atoms with Gasteiger partial charge in [-0.05, 0) is 43.2 Å². The van der Waals surface area contributed by atoms with Gasteiger partial charge in [-0.15, -0.1) is 0 Å². The van der Waals surface area contributed by atoms with Gasteiger partial charge in [0.25, 0.3) is 5.91 Å². The highest BCUT2D eigenvalue weighted by Gasteiger charge is 2.22. The number of hydrogen-bond acceptors (Lipinski definition) is 5. The van der Waals surface area contributed by atoms with Crippen molar-refractivity contribution in [2.24, 2.45) is 0 Å². The second kappa shape index (κ2) is 6.89. The molecule has 2 aromatic carbocycles. The summed E-state index contributed by atoms with van der Waals surface area (Å²) in [5, 5.41) is 11.8. The van der Waals surface area contributed by atoms with Crippen LogP contribution in [0.4, 0.5) is 17.2 Å². The molecule has 0 aliphatic carbocycles. The van der Waals surface area contributed by atoms with Gasteiger partial charge in [0.15, 0.2) is 0 Å². The predicted octanol–water partition coefficient (Wildman–Crippen LogP) is 3.60. The van der Waals surface area contributed by atoms with Crippen molar-refractivity contribution in [1.29, 1.82) is 5.26 Å². The predicted molar refractivity (Wildman–Crippen MR) is 103 cm³/mol. The summed E-state index contributed by atoms with van der Waals surface area (Å²) in [5.74, 6) is 0.917. The van der Waals surface area contributed by atoms with Gasteiger partial charge in [0, 0.05) is 24.0 Å². The topological polar surface area (TPSA) is 81.9 Å². The molecule has 0 fully saturated rings. The van der Waals surface area contributed by atoms with E-state index in [1.807, 2.05) is 12.1 Å². The van der Waals surface area contributed by atoms with Gasteiger partial charge in [-0.25, -0.2) is 9.97 Å². The van der Waals surface area contributed by atoms with Crippen molar-refractivity contribution in [2.45, 2.75) is 13.3 Å². The molecule has 1 aliphatic rings. The molecule has 1 aliphatic heterocycles. The number of benzene rings is 2. The Bertz CT molecular complexity index is 1070. The Labute approximate surface area is 157 Å². The second-order valence-electron chi connectivity index (χ2n) is 6.34. The van der Waals surface area contributed by atoms with E-state index in [0.717, 1.165) is 18.7 Å². The number of rotatable bonds is 3. The lowest BCUT2D eigenvalue weighted by molar-refractivity contribution is 0.102. The van der Waals surface area contributed by atoms with E-state index in [4.69, 9.17) is 5.26 Å². The number of para-hydroxylation sites is 1. The quantitative estimate of drug-likeness (QED) is 0.776. The number of amides is 1. The van der Waals surface area contributed by atoms with Crippen molar-refractivity contribution in [1.82, 2.24) is 9.97 Å². The van der Waals surface area contributed by atoms with Crippen LogP contribution < -0.4 is 10.2 Å². The van der Waals surface area contributed by atoms with Gasteiger partial charge in [-0.3, -0.25) is 4.79 Å². The van der Waals surface area contributed by atoms with E-state index < -0.39 is 0 Å². The highest BCUT2D eigenvalue weighted by Crippen LogP contribution is 2.33. The average Bonchev–Trinajstić information content (AvgIpc) is 3.12. The smallest absolute Gasteiger partial charge is 0.274 e. The Kier molecular flexibility index (Phi) is 4.27. The minimum Gasteiger partial charge on any atom is -0.326 e. The van der Waals surface area contributed by atoms with Gasteiger partial charge in [0.1, 0.15) is 17.3 Å². The molecular formula is C21H17N5O. The molecule has 1 N–H and O–H groups in total. The molecule has 0 saturated heterocycles. The summed E-state index contributed by atoms with van der Waals surface area (Å²) in [6.45, 7) is 2.60. The van der Waals surface area contributed by atoms with Crippen LogP contribution >= 0.6 is 0 Å². The number of carbonyl (C=O) groups is 1. The highest BCUT2D eigenvalue weighted by molar-refractivity contribution is 6.03. The number of hydrogen-bond donors (Lipinski definition) is 1. The number of nitriles is 1. The zero-order chi connectivity index (χ0) is 18.8. The molecule has 2 heterocycles. The zero-order valence-electron chi connectivity index (χ0n) is 14.8. The van der Waals surface area contributed by atoms with Crippen LogP contribution in [0.5, 0.6) is 0 Å². The summed E-state index contributed by atoms with van der Waals surface area (Å²) < 4.78 is 0. The van der Waals surface area contributed by atoms with Gasteiger partial charge in [0.2, 0.25) is 0 Å². The molecule has 0 radical (unpaired) electrons. The van der Waals surface area contributed by atoms with Crippen LogP contribution in [0.3, 0.4) is 0 Å². The number of aryl methyl sites for hydroxylation is 1. The Morgan fingerprint density at radius 2 is 2.00 bits per heavy atom. The second-order valence-corrected chi connectivity index (χ2v) is 6.34. The number of carbonyl (C=O) groups excluding carboxylic acids is 1. The number of nitrogens with zero attached hydrogens (tertiary/aromatic N) is 4. The third-order valence-electron chi connectivity index (χ3n) is 4.47. The molecule has 0 atom stereocenters. The largest absolute Gasteiger partial charge is 0.326 e. The summed E-state index contributed by atoms with van der Waals surface area (Å²) in [7, 11) is 0. The lowest BCUT2D eigenvalue weighted by Gasteiger charge is -2.19. The van der Waals surface area contributed by atoms with Crippen LogP contribution in [0, 0.1) is 18.3 Å². The Morgan fingerprint density at radius 1 is 1.15 bits per heavy atom. The summed E-state index contributed by atoms with van der Waals surface area (Å²) in [5.41, 5.74) is 3.73. The minimum absolute atomic E-state index is 0.296. The van der Waals surface area contributed by atoms with E-state index in [1.54, 1.807) is 37.3 Å². The van der Waals surface area contributed by atoms with Crippen molar-refractivity contribution >= 4 is 23.1 Å². The van der Waals surface area contributed by atoms with E-state index in [-0.39, 0.29) is 5.91 Å². The molecule has 6 nitrogen and oxygen atoms in total. The maximum absolute atomic E-state index is 12.7. The van der Waals surface area contributed by atoms with Crippen molar-refractivity contribution in [2.75, 3.05) is 16.8 Å². The summed E-state index contributed by atoms with van der Waals surface area (Å²) in [6.07, 6.45) is 0.946. The lowest BCUT2D eigenvalue weighted by Crippen LogP contribution is -2.19. The molecule has 1 aromatic heterocycles. The van der Waals surface area contributed by atoms with Crippen molar-refractivity contribution in [3.8, 4) is 6.07 Å². The lowest BCUT2D eigenvalue weighted by atomic mass is 10.2. The number of fused-ring (bicyclic) bond motifs is 1. The minimum atomic E-state index is -0.329. The fourth-order valence-corrected chi connectivity index (χ4v) is 3.24. The van der Waals surface area contributed by atoms with E-state index >= 15 is 0 Å². The van der Waals surface area contributed by atoms with Crippen LogP contribution in [-0.4, -0.2) is 22.4 Å². The molecule has 0 saturated carbocycles. The summed E-state index contributed by atoms with van der Waals surface area (Å²) in [6, 6.07) is 18.8. The monoisotopic (exact) mass is 355 g/mol. The maximum Gasteiger partial charge on any atom is 0.274 e. The molecule has 1 amide bonds. The Hall–Kier alpha value is -3.72. The first-order valence-corrected chi connectivity index (χ1v) is 8.67. The van der Waals surface area contributed by atoms with E-state index in [2.05, 4.69) is 38.4 Å². The number of aromatic nitrogens is 2. The number of nitrogens with one attached hydrogen (secondary N) is 1. The molecule has 4 rings (SSSR count). The van der Waals surface area contributed by atoms with Gasteiger partial charge in [-0.2, -0.15) is 5.26 Å². The normalized spacial score (nSPS) is 12.4. The Morgan fingerprint density at radius 3 is 2.85 bits per heavy atom. The van der Waals surface area contributed by atoms with Crippen molar-refractivity contribution < 1.29 is 4.79 Å². The molecule has 3 aromatic rings. The number of anilines is 3. The molecule has 132 valence electrons. The zero-order valence-corrected chi connectivity index (χ0v) is 14.8. The third-order valence-corrected chi connectivity index (χ3v) is 4.47. The fraction of sp³-hybridized carbons (Fsp3) is 0.143. The Balaban J connectivity index is 1.63. The van der Waals surface area contributed by atoms with E-state index in [1.165, 1.54) is 5.56 Å². The van der Waals surface area contributed by atoms with Crippen LogP contribution in [0.2, 0.25) is 0 Å². The highest BCUT2D eigenvalue weighted by atomic mass is 16.1. The van der Waals surface area contributed by atoms with Crippen molar-refractivity contribution in [3.63, 3.8) is 0 Å². The van der Waals surface area contributed by atoms with E-state index in [9.17, 15) is 4.79 Å². The van der Waals surface area contributed by atoms with Crippen molar-refractivity contribution in [3.05, 3.63) is 77.2 Å². The summed E-state index contributed by atoms with van der Waals surface area (Å²) in [4.78, 5) is 23.6. The molecule has 0 spiro atoms. The summed E-state index contributed by atoms with van der Waals surface area (Å²) >= 11 is 0. The molecule has 6 heteroatoms. The SMILES string of the molecule is Cc1nc(C(=O)Nc2cccc(C#N)c2)cc(N2CCc3ccccc32)n1. The van der Waals surface area contributed by atoms with Gasteiger partial charge >= 0.3 is 0 Å². The van der Waals surface area contributed by atoms with E-state index in [0.29, 0.717) is 28.6 Å². The first kappa shape index (κ1) is 16.7. The maximum atomic E-state index is 12.7. The van der Waals surface area contributed by atoms with Gasteiger partial charge in [-0.1, -0.05) is 24.3 Å². The van der Waals surface area contributed by atoms with Crippen LogP contribution in [0.15, 0.2) is 54.6 Å². The van der Waals surface area contributed by atoms with Crippen LogP contribution in [-0.2, 0) is 6.42 Å². The van der Waals surface area contributed by atoms with Crippen LogP contribution in [0.25, 0.3) is 0 Å². The molecule has 0 unspecified atom stereocenters.